The molecule has 23 heavy (non-hydrogen) atoms. The van der Waals surface area contributed by atoms with Crippen LogP contribution < -0.4 is 0 Å². The molecular formula is C7F12N4. The lowest BCUT2D eigenvalue weighted by Crippen LogP contribution is -2.75. The Bertz CT molecular complexity index is 579. The van der Waals surface area contributed by atoms with Crippen molar-refractivity contribution in [2.45, 2.75) is 35.8 Å². The highest BCUT2D eigenvalue weighted by Crippen LogP contribution is 2.61. The van der Waals surface area contributed by atoms with Gasteiger partial charge >= 0.3 is 35.8 Å². The first-order valence-corrected chi connectivity index (χ1v) is 4.84. The third-order valence-corrected chi connectivity index (χ3v) is 2.65. The molecule has 0 amide bonds. The van der Waals surface area contributed by atoms with Gasteiger partial charge in [-0.05, 0) is 10.6 Å². The van der Waals surface area contributed by atoms with Gasteiger partial charge in [-0.1, -0.05) is 0 Å². The molecule has 0 fully saturated rings. The van der Waals surface area contributed by atoms with Gasteiger partial charge in [-0.2, -0.15) is 52.7 Å². The molecule has 0 saturated carbocycles. The minimum atomic E-state index is -7.21. The number of rotatable bonds is 1. The maximum absolute atomic E-state index is 13.4. The fourth-order valence-corrected chi connectivity index (χ4v) is 1.56. The predicted octanol–water partition coefficient (Wildman–Crippen LogP) is 4.48. The fourth-order valence-electron chi connectivity index (χ4n) is 1.56. The van der Waals surface area contributed by atoms with Crippen LogP contribution in [0.4, 0.5) is 52.7 Å². The van der Waals surface area contributed by atoms with Gasteiger partial charge in [-0.25, -0.2) is 0 Å². The molecule has 0 aromatic rings. The molecule has 1 atom stereocenters. The lowest BCUT2D eigenvalue weighted by Gasteiger charge is -2.45. The van der Waals surface area contributed by atoms with E-state index in [1.54, 1.807) is 0 Å². The number of halogens is 12. The highest BCUT2D eigenvalue weighted by molar-refractivity contribution is 5.98. The van der Waals surface area contributed by atoms with Crippen molar-refractivity contribution in [1.82, 2.24) is 0 Å². The number of azide groups is 1. The van der Waals surface area contributed by atoms with Gasteiger partial charge in [0.25, 0.3) is 0 Å². The lowest BCUT2D eigenvalue weighted by molar-refractivity contribution is -0.358. The van der Waals surface area contributed by atoms with E-state index in [2.05, 4.69) is 0 Å². The zero-order valence-corrected chi connectivity index (χ0v) is 9.82. The van der Waals surface area contributed by atoms with Crippen molar-refractivity contribution in [1.29, 1.82) is 0 Å². The molecule has 4 nitrogen and oxygen atoms in total. The van der Waals surface area contributed by atoms with E-state index in [0.717, 1.165) is 9.90 Å². The van der Waals surface area contributed by atoms with E-state index in [1.807, 2.05) is 0 Å². The summed E-state index contributed by atoms with van der Waals surface area (Å²) in [6.07, 6.45) is -13.5. The van der Waals surface area contributed by atoms with E-state index in [9.17, 15) is 52.7 Å². The summed E-state index contributed by atoms with van der Waals surface area (Å²) < 4.78 is 154. The van der Waals surface area contributed by atoms with E-state index in [4.69, 9.17) is 5.53 Å². The van der Waals surface area contributed by atoms with Crippen LogP contribution in [0, 0.1) is 0 Å². The Kier molecular flexibility index (Phi) is 3.82. The minimum Gasteiger partial charge on any atom is -0.251 e. The number of aliphatic imine (C=N–C) groups is 1. The van der Waals surface area contributed by atoms with E-state index in [0.29, 0.717) is 0 Å². The van der Waals surface area contributed by atoms with Crippen molar-refractivity contribution in [3.05, 3.63) is 10.4 Å². The Morgan fingerprint density at radius 1 is 0.870 bits per heavy atom. The fraction of sp³-hybridized carbons (Fsp3) is 0.857. The average Bonchev–Trinajstić information content (AvgIpc) is 2.28. The summed E-state index contributed by atoms with van der Waals surface area (Å²) in [6, 6.07) is 0. The van der Waals surface area contributed by atoms with Crippen molar-refractivity contribution >= 4 is 5.71 Å². The van der Waals surface area contributed by atoms with Crippen molar-refractivity contribution < 1.29 is 52.7 Å². The van der Waals surface area contributed by atoms with Crippen molar-refractivity contribution in [3.8, 4) is 0 Å². The van der Waals surface area contributed by atoms with Gasteiger partial charge in [0.15, 0.2) is 5.71 Å². The van der Waals surface area contributed by atoms with E-state index in [1.165, 1.54) is 5.11 Å². The molecule has 0 saturated heterocycles. The van der Waals surface area contributed by atoms with Crippen molar-refractivity contribution in [3.63, 3.8) is 0 Å². The molecule has 1 unspecified atom stereocenters. The molecule has 1 aliphatic rings. The monoisotopic (exact) mass is 368 g/mol. The smallest absolute Gasteiger partial charge is 0.251 e. The Morgan fingerprint density at radius 2 is 1.30 bits per heavy atom. The highest BCUT2D eigenvalue weighted by atomic mass is 19.4. The zero-order chi connectivity index (χ0) is 18.7. The molecule has 0 aliphatic carbocycles. The van der Waals surface area contributed by atoms with Crippen LogP contribution in [0.5, 0.6) is 0 Å². The summed E-state index contributed by atoms with van der Waals surface area (Å²) in [5.41, 5.74) is -2.44. The molecule has 0 spiro atoms. The van der Waals surface area contributed by atoms with Crippen molar-refractivity contribution in [2.24, 2.45) is 10.1 Å². The summed E-state index contributed by atoms with van der Waals surface area (Å²) >= 11 is 0. The van der Waals surface area contributed by atoms with Crippen LogP contribution in [-0.4, -0.2) is 41.5 Å². The van der Waals surface area contributed by atoms with Gasteiger partial charge in [0.2, 0.25) is 0 Å². The van der Waals surface area contributed by atoms with E-state index in [-0.39, 0.29) is 0 Å². The molecule has 0 bridgehead atoms. The number of alkyl halides is 12. The predicted molar refractivity (Wildman–Crippen MR) is 46.3 cm³/mol. The lowest BCUT2D eigenvalue weighted by atomic mass is 9.85. The van der Waals surface area contributed by atoms with Crippen LogP contribution in [0.25, 0.3) is 10.4 Å². The summed E-state index contributed by atoms with van der Waals surface area (Å²) in [5.74, 6) is -21.0. The van der Waals surface area contributed by atoms with Gasteiger partial charge in [0, 0.05) is 4.91 Å². The Labute approximate surface area is 116 Å². The van der Waals surface area contributed by atoms with Gasteiger partial charge in [-0.3, -0.25) is 4.99 Å². The quantitative estimate of drug-likeness (QED) is 0.284. The second-order valence-electron chi connectivity index (χ2n) is 4.04. The Hall–Kier alpha value is -1.86. The van der Waals surface area contributed by atoms with E-state index >= 15 is 0 Å². The molecule has 1 heterocycles. The molecule has 0 radical (unpaired) electrons. The molecule has 0 N–H and O–H groups in total. The normalized spacial score (nSPS) is 29.5. The summed E-state index contributed by atoms with van der Waals surface area (Å²) in [7, 11) is 0. The largest absolute Gasteiger partial charge is 0.435 e. The van der Waals surface area contributed by atoms with Crippen LogP contribution in [0.3, 0.4) is 0 Å². The third kappa shape index (κ3) is 2.18. The van der Waals surface area contributed by atoms with Crippen LogP contribution >= 0.6 is 0 Å². The summed E-state index contributed by atoms with van der Waals surface area (Å²) in [4.78, 5) is 2.11. The first-order valence-electron chi connectivity index (χ1n) is 4.84. The molecule has 132 valence electrons. The van der Waals surface area contributed by atoms with Crippen molar-refractivity contribution in [2.75, 3.05) is 0 Å². The summed E-state index contributed by atoms with van der Waals surface area (Å²) in [5, 5.41) is 1.17. The maximum atomic E-state index is 13.4. The standard InChI is InChI=1S/C7F12N4/c8-2(9)1(3(10,11)12)21-6(22-23-20,7(17,18)19)5(15,16)4(2,13)14. The van der Waals surface area contributed by atoms with Gasteiger partial charge in [-0.15, -0.1) is 0 Å². The zero-order valence-electron chi connectivity index (χ0n) is 9.82. The number of hydrogen-bond acceptors (Lipinski definition) is 2. The molecule has 0 aromatic heterocycles. The first-order chi connectivity index (χ1) is 9.90. The second kappa shape index (κ2) is 4.58. The van der Waals surface area contributed by atoms with Crippen LogP contribution in [-0.2, 0) is 0 Å². The topological polar surface area (TPSA) is 61.1 Å². The van der Waals surface area contributed by atoms with Gasteiger partial charge in [0.05, 0.1) is 0 Å². The van der Waals surface area contributed by atoms with Crippen LogP contribution in [0.15, 0.2) is 10.1 Å². The SMILES string of the molecule is [N-]=[N+]=NC1(C(F)(F)F)N=C(C(F)(F)F)C(F)(F)C(F)(F)C1(F)F. The van der Waals surface area contributed by atoms with E-state index < -0.39 is 41.5 Å². The van der Waals surface area contributed by atoms with Gasteiger partial charge in [0.1, 0.15) is 0 Å². The molecule has 0 aromatic carbocycles. The highest BCUT2D eigenvalue weighted by Gasteiger charge is 2.90. The molecule has 1 aliphatic heterocycles. The Balaban J connectivity index is 4.07. The third-order valence-electron chi connectivity index (χ3n) is 2.65. The second-order valence-corrected chi connectivity index (χ2v) is 4.04. The number of nitrogens with zero attached hydrogens (tertiary/aromatic N) is 4. The molecule has 1 rings (SSSR count). The Morgan fingerprint density at radius 3 is 1.61 bits per heavy atom. The van der Waals surface area contributed by atoms with Gasteiger partial charge < -0.3 is 0 Å². The maximum Gasteiger partial charge on any atom is 0.435 e. The average molecular weight is 368 g/mol. The summed E-state index contributed by atoms with van der Waals surface area (Å²) in [6.45, 7) is 0. The van der Waals surface area contributed by atoms with Crippen LogP contribution in [0.1, 0.15) is 0 Å². The molecule has 16 heteroatoms. The first kappa shape index (κ1) is 19.2. The van der Waals surface area contributed by atoms with Crippen LogP contribution in [0.2, 0.25) is 0 Å². The minimum absolute atomic E-state index is 1.01. The molecular weight excluding hydrogens is 368 g/mol. The number of hydrogen-bond donors (Lipinski definition) is 0.